The average molecular weight is 245 g/mol. The third-order valence-electron chi connectivity index (χ3n) is 1.82. The SMILES string of the molecule is CC(C)c1nc(CSCC(N)C(=O)O)no1. The summed E-state index contributed by atoms with van der Waals surface area (Å²) in [7, 11) is 0. The van der Waals surface area contributed by atoms with Gasteiger partial charge in [0.2, 0.25) is 5.89 Å². The highest BCUT2D eigenvalue weighted by Crippen LogP contribution is 2.14. The lowest BCUT2D eigenvalue weighted by Crippen LogP contribution is -2.32. The Morgan fingerprint density at radius 3 is 2.81 bits per heavy atom. The highest BCUT2D eigenvalue weighted by atomic mass is 32.2. The molecule has 0 amide bonds. The van der Waals surface area contributed by atoms with Crippen LogP contribution in [0.15, 0.2) is 4.52 Å². The molecule has 1 heterocycles. The second-order valence-corrected chi connectivity index (χ2v) is 4.69. The smallest absolute Gasteiger partial charge is 0.321 e. The fourth-order valence-electron chi connectivity index (χ4n) is 0.909. The van der Waals surface area contributed by atoms with E-state index >= 15 is 0 Å². The van der Waals surface area contributed by atoms with E-state index in [2.05, 4.69) is 10.1 Å². The van der Waals surface area contributed by atoms with Gasteiger partial charge in [-0.05, 0) is 0 Å². The molecule has 0 fully saturated rings. The van der Waals surface area contributed by atoms with Gasteiger partial charge in [0.05, 0.1) is 5.75 Å². The molecule has 0 aliphatic heterocycles. The standard InChI is InChI=1S/C9H15N3O3S/c1-5(2)8-11-7(12-15-8)4-16-3-6(10)9(13)14/h5-6H,3-4,10H2,1-2H3,(H,13,14). The van der Waals surface area contributed by atoms with Crippen LogP contribution in [0.25, 0.3) is 0 Å². The van der Waals surface area contributed by atoms with Crippen LogP contribution in [0.4, 0.5) is 0 Å². The van der Waals surface area contributed by atoms with Crippen molar-refractivity contribution in [1.29, 1.82) is 0 Å². The molecule has 7 heteroatoms. The fraction of sp³-hybridized carbons (Fsp3) is 0.667. The number of hydrogen-bond acceptors (Lipinski definition) is 6. The Balaban J connectivity index is 2.34. The molecule has 0 spiro atoms. The zero-order valence-corrected chi connectivity index (χ0v) is 10.0. The highest BCUT2D eigenvalue weighted by molar-refractivity contribution is 7.98. The van der Waals surface area contributed by atoms with Gasteiger partial charge < -0.3 is 15.4 Å². The fourth-order valence-corrected chi connectivity index (χ4v) is 1.72. The molecule has 0 aromatic carbocycles. The van der Waals surface area contributed by atoms with E-state index in [0.717, 1.165) is 0 Å². The lowest BCUT2D eigenvalue weighted by atomic mass is 10.2. The van der Waals surface area contributed by atoms with Crippen molar-refractivity contribution in [2.45, 2.75) is 31.6 Å². The second kappa shape index (κ2) is 5.86. The summed E-state index contributed by atoms with van der Waals surface area (Å²) < 4.78 is 5.01. The van der Waals surface area contributed by atoms with E-state index in [1.807, 2.05) is 13.8 Å². The van der Waals surface area contributed by atoms with Crippen LogP contribution in [-0.4, -0.2) is 33.0 Å². The van der Waals surface area contributed by atoms with Crippen LogP contribution >= 0.6 is 11.8 Å². The first-order valence-electron chi connectivity index (χ1n) is 4.89. The Hall–Kier alpha value is -1.08. The summed E-state index contributed by atoms with van der Waals surface area (Å²) in [4.78, 5) is 14.6. The maximum Gasteiger partial charge on any atom is 0.321 e. The Morgan fingerprint density at radius 2 is 2.31 bits per heavy atom. The zero-order valence-electron chi connectivity index (χ0n) is 9.21. The Labute approximate surface area is 97.6 Å². The predicted molar refractivity (Wildman–Crippen MR) is 60.2 cm³/mol. The number of carboxylic acid groups (broad SMARTS) is 1. The van der Waals surface area contributed by atoms with Crippen LogP contribution < -0.4 is 5.73 Å². The maximum atomic E-state index is 10.4. The van der Waals surface area contributed by atoms with E-state index in [1.165, 1.54) is 11.8 Å². The Bertz CT molecular complexity index is 354. The van der Waals surface area contributed by atoms with Gasteiger partial charge in [-0.1, -0.05) is 19.0 Å². The monoisotopic (exact) mass is 245 g/mol. The molecule has 1 aromatic rings. The van der Waals surface area contributed by atoms with Crippen LogP contribution in [0.1, 0.15) is 31.5 Å². The van der Waals surface area contributed by atoms with Crippen molar-refractivity contribution >= 4 is 17.7 Å². The van der Waals surface area contributed by atoms with E-state index in [-0.39, 0.29) is 5.92 Å². The third-order valence-corrected chi connectivity index (χ3v) is 2.88. The minimum absolute atomic E-state index is 0.201. The molecule has 6 nitrogen and oxygen atoms in total. The number of thioether (sulfide) groups is 1. The molecule has 1 aromatic heterocycles. The van der Waals surface area contributed by atoms with Gasteiger partial charge in [-0.2, -0.15) is 16.7 Å². The van der Waals surface area contributed by atoms with E-state index < -0.39 is 12.0 Å². The number of carbonyl (C=O) groups is 1. The summed E-state index contributed by atoms with van der Waals surface area (Å²) in [5.74, 6) is 1.22. The number of aliphatic carboxylic acids is 1. The lowest BCUT2D eigenvalue weighted by molar-refractivity contribution is -0.137. The van der Waals surface area contributed by atoms with Gasteiger partial charge in [-0.25, -0.2) is 0 Å². The average Bonchev–Trinajstić information content (AvgIpc) is 2.66. The van der Waals surface area contributed by atoms with Gasteiger partial charge in [0.15, 0.2) is 5.82 Å². The van der Waals surface area contributed by atoms with Crippen molar-refractivity contribution in [3.8, 4) is 0 Å². The quantitative estimate of drug-likeness (QED) is 0.765. The van der Waals surface area contributed by atoms with Crippen molar-refractivity contribution in [3.05, 3.63) is 11.7 Å². The van der Waals surface area contributed by atoms with Crippen LogP contribution in [0.5, 0.6) is 0 Å². The molecule has 16 heavy (non-hydrogen) atoms. The minimum atomic E-state index is -0.997. The van der Waals surface area contributed by atoms with Crippen LogP contribution in [-0.2, 0) is 10.5 Å². The van der Waals surface area contributed by atoms with Crippen molar-refractivity contribution in [1.82, 2.24) is 10.1 Å². The van der Waals surface area contributed by atoms with Crippen LogP contribution in [0.3, 0.4) is 0 Å². The molecule has 1 rings (SSSR count). The number of nitrogens with two attached hydrogens (primary N) is 1. The van der Waals surface area contributed by atoms with E-state index in [0.29, 0.717) is 23.2 Å². The number of carboxylic acids is 1. The lowest BCUT2D eigenvalue weighted by Gasteiger charge is -2.03. The minimum Gasteiger partial charge on any atom is -0.480 e. The van der Waals surface area contributed by atoms with E-state index in [9.17, 15) is 4.79 Å². The molecule has 1 atom stereocenters. The Morgan fingerprint density at radius 1 is 1.62 bits per heavy atom. The summed E-state index contributed by atoms with van der Waals surface area (Å²) in [6.07, 6.45) is 0. The van der Waals surface area contributed by atoms with E-state index in [1.54, 1.807) is 0 Å². The normalized spacial score (nSPS) is 13.0. The number of nitrogens with zero attached hydrogens (tertiary/aromatic N) is 2. The maximum absolute atomic E-state index is 10.4. The zero-order chi connectivity index (χ0) is 12.1. The van der Waals surface area contributed by atoms with Gasteiger partial charge in [0, 0.05) is 11.7 Å². The molecule has 0 aliphatic carbocycles. The molecule has 3 N–H and O–H groups in total. The van der Waals surface area contributed by atoms with Gasteiger partial charge in [0.25, 0.3) is 0 Å². The van der Waals surface area contributed by atoms with Crippen LogP contribution in [0, 0.1) is 0 Å². The highest BCUT2D eigenvalue weighted by Gasteiger charge is 2.13. The van der Waals surface area contributed by atoms with Gasteiger partial charge in [-0.3, -0.25) is 4.79 Å². The largest absolute Gasteiger partial charge is 0.480 e. The third kappa shape index (κ3) is 3.82. The molecular formula is C9H15N3O3S. The molecule has 0 saturated carbocycles. The number of aromatic nitrogens is 2. The number of rotatable bonds is 6. The first-order valence-corrected chi connectivity index (χ1v) is 6.04. The van der Waals surface area contributed by atoms with Crippen molar-refractivity contribution in [2.24, 2.45) is 5.73 Å². The molecule has 0 saturated heterocycles. The Kier molecular flexibility index (Phi) is 4.75. The second-order valence-electron chi connectivity index (χ2n) is 3.66. The first-order chi connectivity index (χ1) is 7.50. The molecular weight excluding hydrogens is 230 g/mol. The van der Waals surface area contributed by atoms with Gasteiger partial charge >= 0.3 is 5.97 Å². The first kappa shape index (κ1) is 13.0. The van der Waals surface area contributed by atoms with Gasteiger partial charge in [0.1, 0.15) is 6.04 Å². The van der Waals surface area contributed by atoms with E-state index in [4.69, 9.17) is 15.4 Å². The molecule has 1 unspecified atom stereocenters. The van der Waals surface area contributed by atoms with Crippen molar-refractivity contribution in [2.75, 3.05) is 5.75 Å². The molecule has 0 aliphatic rings. The summed E-state index contributed by atoms with van der Waals surface area (Å²) in [5.41, 5.74) is 5.35. The summed E-state index contributed by atoms with van der Waals surface area (Å²) in [6.45, 7) is 3.93. The molecule has 0 bridgehead atoms. The van der Waals surface area contributed by atoms with Crippen molar-refractivity contribution < 1.29 is 14.4 Å². The topological polar surface area (TPSA) is 102 Å². The summed E-state index contributed by atoms with van der Waals surface area (Å²) in [6, 6.07) is -0.846. The summed E-state index contributed by atoms with van der Waals surface area (Å²) in [5, 5.41) is 12.4. The molecule has 0 radical (unpaired) electrons. The van der Waals surface area contributed by atoms with Crippen molar-refractivity contribution in [3.63, 3.8) is 0 Å². The summed E-state index contributed by atoms with van der Waals surface area (Å²) >= 11 is 1.38. The number of hydrogen-bond donors (Lipinski definition) is 2. The van der Waals surface area contributed by atoms with Gasteiger partial charge in [-0.15, -0.1) is 0 Å². The predicted octanol–water partition coefficient (Wildman–Crippen LogP) is 0.838. The molecule has 90 valence electrons. The van der Waals surface area contributed by atoms with Crippen LogP contribution in [0.2, 0.25) is 0 Å².